The van der Waals surface area contributed by atoms with Crippen LogP contribution in [0.25, 0.3) is 0 Å². The van der Waals surface area contributed by atoms with E-state index in [1.54, 1.807) is 0 Å². The highest BCUT2D eigenvalue weighted by atomic mass is 16.2. The first-order valence-electron chi connectivity index (χ1n) is 7.23. The number of para-hydroxylation sites is 1. The van der Waals surface area contributed by atoms with Gasteiger partial charge in [0.15, 0.2) is 0 Å². The molecular formula is C18H22N2O. The maximum absolute atomic E-state index is 11.9. The number of rotatable bonds is 4. The molecule has 2 rings (SSSR count). The molecule has 2 aromatic carbocycles. The molecule has 2 aromatic rings. The van der Waals surface area contributed by atoms with Gasteiger partial charge in [0.2, 0.25) is 0 Å². The van der Waals surface area contributed by atoms with Crippen LogP contribution in [0.15, 0.2) is 42.5 Å². The number of carbonyl (C=O) groups is 1. The van der Waals surface area contributed by atoms with E-state index in [-0.39, 0.29) is 6.03 Å². The molecule has 0 aliphatic rings. The van der Waals surface area contributed by atoms with Gasteiger partial charge in [-0.15, -0.1) is 0 Å². The van der Waals surface area contributed by atoms with Gasteiger partial charge in [0.25, 0.3) is 0 Å². The van der Waals surface area contributed by atoms with Gasteiger partial charge < -0.3 is 10.6 Å². The highest BCUT2D eigenvalue weighted by Gasteiger charge is 2.06. The Morgan fingerprint density at radius 2 is 1.57 bits per heavy atom. The molecule has 0 heterocycles. The third-order valence-corrected chi connectivity index (χ3v) is 3.54. The largest absolute Gasteiger partial charge is 0.338 e. The second kappa shape index (κ2) is 6.93. The molecule has 2 amide bonds. The summed E-state index contributed by atoms with van der Waals surface area (Å²) >= 11 is 0. The van der Waals surface area contributed by atoms with E-state index in [0.29, 0.717) is 6.54 Å². The fourth-order valence-electron chi connectivity index (χ4n) is 2.24. The van der Waals surface area contributed by atoms with E-state index in [4.69, 9.17) is 0 Å². The molecule has 0 saturated carbocycles. The molecule has 0 spiro atoms. The van der Waals surface area contributed by atoms with E-state index in [0.717, 1.165) is 23.2 Å². The van der Waals surface area contributed by atoms with E-state index in [1.165, 1.54) is 11.1 Å². The van der Waals surface area contributed by atoms with Crippen molar-refractivity contribution in [2.75, 3.05) is 11.9 Å². The molecule has 0 radical (unpaired) electrons. The van der Waals surface area contributed by atoms with Gasteiger partial charge in [-0.25, -0.2) is 4.79 Å². The van der Waals surface area contributed by atoms with E-state index in [1.807, 2.05) is 32.0 Å². The summed E-state index contributed by atoms with van der Waals surface area (Å²) in [6.07, 6.45) is 0.834. The van der Waals surface area contributed by atoms with Crippen molar-refractivity contribution in [2.45, 2.75) is 27.2 Å². The van der Waals surface area contributed by atoms with Gasteiger partial charge in [-0.05, 0) is 43.9 Å². The Morgan fingerprint density at radius 1 is 0.952 bits per heavy atom. The predicted octanol–water partition coefficient (Wildman–Crippen LogP) is 3.98. The van der Waals surface area contributed by atoms with Gasteiger partial charge in [0.05, 0.1) is 0 Å². The molecule has 0 bridgehead atoms. The van der Waals surface area contributed by atoms with Crippen LogP contribution in [-0.2, 0) is 6.42 Å². The lowest BCUT2D eigenvalue weighted by atomic mass is 10.1. The molecule has 0 aliphatic carbocycles. The highest BCUT2D eigenvalue weighted by molar-refractivity contribution is 5.90. The topological polar surface area (TPSA) is 41.1 Å². The summed E-state index contributed by atoms with van der Waals surface area (Å²) in [6, 6.07) is 14.2. The van der Waals surface area contributed by atoms with Crippen molar-refractivity contribution in [2.24, 2.45) is 0 Å². The first-order chi connectivity index (χ1) is 10.1. The Labute approximate surface area is 126 Å². The Kier molecular flexibility index (Phi) is 4.99. The number of amides is 2. The maximum Gasteiger partial charge on any atom is 0.319 e. The molecule has 3 heteroatoms. The van der Waals surface area contributed by atoms with Crippen molar-refractivity contribution in [1.82, 2.24) is 5.32 Å². The molecule has 3 nitrogen and oxygen atoms in total. The standard InChI is InChI=1S/C18H22N2O/c1-13-7-9-16(10-8-13)11-12-19-18(21)20-17-14(2)5-4-6-15(17)3/h4-10H,11-12H2,1-3H3,(H2,19,20,21). The summed E-state index contributed by atoms with van der Waals surface area (Å²) in [7, 11) is 0. The lowest BCUT2D eigenvalue weighted by Gasteiger charge is -2.12. The first-order valence-corrected chi connectivity index (χ1v) is 7.23. The van der Waals surface area contributed by atoms with E-state index in [9.17, 15) is 4.79 Å². The summed E-state index contributed by atoms with van der Waals surface area (Å²) < 4.78 is 0. The van der Waals surface area contributed by atoms with Crippen LogP contribution >= 0.6 is 0 Å². The summed E-state index contributed by atoms with van der Waals surface area (Å²) in [4.78, 5) is 11.9. The van der Waals surface area contributed by atoms with Gasteiger partial charge in [0.1, 0.15) is 0 Å². The zero-order chi connectivity index (χ0) is 15.2. The minimum atomic E-state index is -0.153. The minimum absolute atomic E-state index is 0.153. The highest BCUT2D eigenvalue weighted by Crippen LogP contribution is 2.18. The molecule has 110 valence electrons. The van der Waals surface area contributed by atoms with Crippen LogP contribution in [0, 0.1) is 20.8 Å². The average Bonchev–Trinajstić information content (AvgIpc) is 2.45. The molecule has 2 N–H and O–H groups in total. The lowest BCUT2D eigenvalue weighted by Crippen LogP contribution is -2.31. The number of carbonyl (C=O) groups excluding carboxylic acids is 1. The number of aryl methyl sites for hydroxylation is 3. The average molecular weight is 282 g/mol. The zero-order valence-electron chi connectivity index (χ0n) is 12.9. The molecule has 0 unspecified atom stereocenters. The second-order valence-electron chi connectivity index (χ2n) is 5.38. The second-order valence-corrected chi connectivity index (χ2v) is 5.38. The van der Waals surface area contributed by atoms with Crippen LogP contribution in [0.3, 0.4) is 0 Å². The van der Waals surface area contributed by atoms with E-state index < -0.39 is 0 Å². The Bertz CT molecular complexity index is 597. The Balaban J connectivity index is 1.84. The van der Waals surface area contributed by atoms with Gasteiger partial charge in [-0.3, -0.25) is 0 Å². The van der Waals surface area contributed by atoms with Crippen molar-refractivity contribution >= 4 is 11.7 Å². The summed E-state index contributed by atoms with van der Waals surface area (Å²) in [5.74, 6) is 0. The third-order valence-electron chi connectivity index (χ3n) is 3.54. The fraction of sp³-hybridized carbons (Fsp3) is 0.278. The quantitative estimate of drug-likeness (QED) is 0.875. The number of nitrogens with one attached hydrogen (secondary N) is 2. The number of anilines is 1. The third kappa shape index (κ3) is 4.35. The monoisotopic (exact) mass is 282 g/mol. The molecule has 0 atom stereocenters. The smallest absolute Gasteiger partial charge is 0.319 e. The number of benzene rings is 2. The first kappa shape index (κ1) is 15.1. The molecule has 0 saturated heterocycles. The van der Waals surface area contributed by atoms with E-state index >= 15 is 0 Å². The molecule has 0 fully saturated rings. The summed E-state index contributed by atoms with van der Waals surface area (Å²) in [5.41, 5.74) is 5.52. The van der Waals surface area contributed by atoms with Crippen LogP contribution in [0.5, 0.6) is 0 Å². The normalized spacial score (nSPS) is 10.2. The van der Waals surface area contributed by atoms with Gasteiger partial charge in [-0.1, -0.05) is 48.0 Å². The number of hydrogen-bond donors (Lipinski definition) is 2. The SMILES string of the molecule is Cc1ccc(CCNC(=O)Nc2c(C)cccc2C)cc1. The maximum atomic E-state index is 11.9. The summed E-state index contributed by atoms with van der Waals surface area (Å²) in [5, 5.41) is 5.82. The lowest BCUT2D eigenvalue weighted by molar-refractivity contribution is 0.252. The molecule has 0 aliphatic heterocycles. The van der Waals surface area contributed by atoms with Gasteiger partial charge in [-0.2, -0.15) is 0 Å². The van der Waals surface area contributed by atoms with Crippen LogP contribution in [-0.4, -0.2) is 12.6 Å². The predicted molar refractivity (Wildman–Crippen MR) is 87.8 cm³/mol. The van der Waals surface area contributed by atoms with Crippen LogP contribution in [0.1, 0.15) is 22.3 Å². The molecule has 21 heavy (non-hydrogen) atoms. The van der Waals surface area contributed by atoms with Crippen molar-refractivity contribution in [3.8, 4) is 0 Å². The Morgan fingerprint density at radius 3 is 2.19 bits per heavy atom. The van der Waals surface area contributed by atoms with Crippen LogP contribution in [0.4, 0.5) is 10.5 Å². The van der Waals surface area contributed by atoms with Crippen molar-refractivity contribution in [3.63, 3.8) is 0 Å². The van der Waals surface area contributed by atoms with Crippen LogP contribution in [0.2, 0.25) is 0 Å². The Hall–Kier alpha value is -2.29. The van der Waals surface area contributed by atoms with Crippen molar-refractivity contribution < 1.29 is 4.79 Å². The molecule has 0 aromatic heterocycles. The van der Waals surface area contributed by atoms with Crippen molar-refractivity contribution in [1.29, 1.82) is 0 Å². The van der Waals surface area contributed by atoms with Crippen molar-refractivity contribution in [3.05, 3.63) is 64.7 Å². The summed E-state index contributed by atoms with van der Waals surface area (Å²) in [6.45, 7) is 6.68. The molecular weight excluding hydrogens is 260 g/mol. The zero-order valence-corrected chi connectivity index (χ0v) is 12.9. The van der Waals surface area contributed by atoms with Gasteiger partial charge in [0, 0.05) is 12.2 Å². The van der Waals surface area contributed by atoms with Crippen LogP contribution < -0.4 is 10.6 Å². The fourth-order valence-corrected chi connectivity index (χ4v) is 2.24. The van der Waals surface area contributed by atoms with E-state index in [2.05, 4.69) is 41.8 Å². The van der Waals surface area contributed by atoms with Gasteiger partial charge >= 0.3 is 6.03 Å². The number of urea groups is 1. The minimum Gasteiger partial charge on any atom is -0.338 e. The number of hydrogen-bond acceptors (Lipinski definition) is 1.